The first kappa shape index (κ1) is 17.6. The average Bonchev–Trinajstić information content (AvgIpc) is 2.44. The Morgan fingerprint density at radius 2 is 2.13 bits per heavy atom. The van der Waals surface area contributed by atoms with Crippen LogP contribution in [0.5, 0.6) is 0 Å². The van der Waals surface area contributed by atoms with Gasteiger partial charge in [0.25, 0.3) is 0 Å². The van der Waals surface area contributed by atoms with E-state index in [1.54, 1.807) is 0 Å². The van der Waals surface area contributed by atoms with E-state index < -0.39 is 11.7 Å². The summed E-state index contributed by atoms with van der Waals surface area (Å²) in [6, 6.07) is 8.85. The van der Waals surface area contributed by atoms with Crippen molar-refractivity contribution in [2.24, 2.45) is 5.73 Å². The van der Waals surface area contributed by atoms with Crippen molar-refractivity contribution in [3.63, 3.8) is 0 Å². The zero-order valence-corrected chi connectivity index (χ0v) is 14.4. The fourth-order valence-electron chi connectivity index (χ4n) is 2.85. The molecule has 1 aliphatic rings. The summed E-state index contributed by atoms with van der Waals surface area (Å²) < 4.78 is 5.24. The van der Waals surface area contributed by atoms with E-state index in [1.165, 1.54) is 6.42 Å². The van der Waals surface area contributed by atoms with Crippen molar-refractivity contribution >= 4 is 11.8 Å². The second kappa shape index (κ2) is 7.68. The molecule has 2 unspecified atom stereocenters. The van der Waals surface area contributed by atoms with Crippen LogP contribution in [0, 0.1) is 0 Å². The summed E-state index contributed by atoms with van der Waals surface area (Å²) in [4.78, 5) is 11.7. The molecule has 0 spiro atoms. The summed E-state index contributed by atoms with van der Waals surface area (Å²) in [6.07, 6.45) is 4.08. The SMILES string of the molecule is CC(C)(C)OC(=O)NCc1cccc(NC2CCCC(N)C2)c1. The molecule has 4 N–H and O–H groups in total. The molecule has 0 radical (unpaired) electrons. The maximum atomic E-state index is 11.7. The molecule has 1 amide bonds. The molecule has 1 aromatic rings. The zero-order valence-electron chi connectivity index (χ0n) is 14.4. The molecule has 128 valence electrons. The van der Waals surface area contributed by atoms with Crippen LogP contribution in [0.25, 0.3) is 0 Å². The van der Waals surface area contributed by atoms with Gasteiger partial charge in [0.2, 0.25) is 0 Å². The lowest BCUT2D eigenvalue weighted by Crippen LogP contribution is -2.35. The normalized spacial score (nSPS) is 21.6. The second-order valence-corrected chi connectivity index (χ2v) is 7.32. The van der Waals surface area contributed by atoms with Crippen molar-refractivity contribution in [2.75, 3.05) is 5.32 Å². The molecular weight excluding hydrogens is 290 g/mol. The Morgan fingerprint density at radius 1 is 1.35 bits per heavy atom. The molecule has 23 heavy (non-hydrogen) atoms. The minimum atomic E-state index is -0.479. The van der Waals surface area contributed by atoms with Gasteiger partial charge >= 0.3 is 6.09 Å². The smallest absolute Gasteiger partial charge is 0.407 e. The van der Waals surface area contributed by atoms with Gasteiger partial charge in [0.1, 0.15) is 5.60 Å². The molecule has 0 saturated heterocycles. The van der Waals surface area contributed by atoms with Crippen LogP contribution in [0.4, 0.5) is 10.5 Å². The van der Waals surface area contributed by atoms with Crippen LogP contribution in [0.15, 0.2) is 24.3 Å². The van der Waals surface area contributed by atoms with Gasteiger partial charge in [-0.1, -0.05) is 12.1 Å². The molecular formula is C18H29N3O2. The highest BCUT2D eigenvalue weighted by Gasteiger charge is 2.19. The predicted molar refractivity (Wildman–Crippen MR) is 93.4 cm³/mol. The van der Waals surface area contributed by atoms with E-state index in [0.717, 1.165) is 30.5 Å². The first-order valence-electron chi connectivity index (χ1n) is 8.40. The van der Waals surface area contributed by atoms with Crippen LogP contribution >= 0.6 is 0 Å². The molecule has 0 aromatic heterocycles. The minimum Gasteiger partial charge on any atom is -0.444 e. The lowest BCUT2D eigenvalue weighted by atomic mass is 9.91. The lowest BCUT2D eigenvalue weighted by molar-refractivity contribution is 0.0523. The summed E-state index contributed by atoms with van der Waals surface area (Å²) in [6.45, 7) is 6.01. The molecule has 5 heteroatoms. The summed E-state index contributed by atoms with van der Waals surface area (Å²) in [5, 5.41) is 6.34. The van der Waals surface area contributed by atoms with Gasteiger partial charge in [0.15, 0.2) is 0 Å². The third-order valence-corrected chi connectivity index (χ3v) is 3.85. The Bertz CT molecular complexity index is 525. The third kappa shape index (κ3) is 6.48. The van der Waals surface area contributed by atoms with Crippen molar-refractivity contribution in [2.45, 2.75) is 70.7 Å². The molecule has 5 nitrogen and oxygen atoms in total. The maximum absolute atomic E-state index is 11.7. The van der Waals surface area contributed by atoms with E-state index in [2.05, 4.69) is 22.8 Å². The monoisotopic (exact) mass is 319 g/mol. The highest BCUT2D eigenvalue weighted by atomic mass is 16.6. The number of hydrogen-bond donors (Lipinski definition) is 3. The summed E-state index contributed by atoms with van der Waals surface area (Å²) in [5.74, 6) is 0. The average molecular weight is 319 g/mol. The second-order valence-electron chi connectivity index (χ2n) is 7.32. The van der Waals surface area contributed by atoms with E-state index >= 15 is 0 Å². The quantitative estimate of drug-likeness (QED) is 0.795. The van der Waals surface area contributed by atoms with Gasteiger partial charge in [-0.25, -0.2) is 4.79 Å². The largest absolute Gasteiger partial charge is 0.444 e. The van der Waals surface area contributed by atoms with Gasteiger partial charge < -0.3 is 21.1 Å². The van der Waals surface area contributed by atoms with E-state index in [9.17, 15) is 4.79 Å². The molecule has 2 atom stereocenters. The molecule has 1 aliphatic carbocycles. The number of alkyl carbamates (subject to hydrolysis) is 1. The zero-order chi connectivity index (χ0) is 16.9. The van der Waals surface area contributed by atoms with E-state index in [-0.39, 0.29) is 0 Å². The number of anilines is 1. The molecule has 0 bridgehead atoms. The van der Waals surface area contributed by atoms with E-state index in [4.69, 9.17) is 10.5 Å². The van der Waals surface area contributed by atoms with Gasteiger partial charge in [-0.15, -0.1) is 0 Å². The molecule has 1 saturated carbocycles. The number of benzene rings is 1. The Balaban J connectivity index is 1.86. The standard InChI is InChI=1S/C18H29N3O2/c1-18(2,3)23-17(22)20-12-13-6-4-8-15(10-13)21-16-9-5-7-14(19)11-16/h4,6,8,10,14,16,21H,5,7,9,11-12,19H2,1-3H3,(H,20,22). The molecule has 1 aromatic carbocycles. The van der Waals surface area contributed by atoms with Crippen LogP contribution in [0.1, 0.15) is 52.0 Å². The number of nitrogens with one attached hydrogen (secondary N) is 2. The number of amides is 1. The summed E-state index contributed by atoms with van der Waals surface area (Å²) >= 11 is 0. The van der Waals surface area contributed by atoms with Crippen molar-refractivity contribution in [3.8, 4) is 0 Å². The molecule has 0 heterocycles. The molecule has 1 fully saturated rings. The highest BCUT2D eigenvalue weighted by molar-refractivity contribution is 5.67. The van der Waals surface area contributed by atoms with Gasteiger partial charge in [0.05, 0.1) is 0 Å². The van der Waals surface area contributed by atoms with Gasteiger partial charge in [-0.2, -0.15) is 0 Å². The van der Waals surface area contributed by atoms with E-state index in [1.807, 2.05) is 32.9 Å². The lowest BCUT2D eigenvalue weighted by Gasteiger charge is -2.28. The fraction of sp³-hybridized carbons (Fsp3) is 0.611. The van der Waals surface area contributed by atoms with Crippen LogP contribution in [-0.2, 0) is 11.3 Å². The first-order chi connectivity index (χ1) is 10.8. The van der Waals surface area contributed by atoms with Crippen molar-refractivity contribution < 1.29 is 9.53 Å². The van der Waals surface area contributed by atoms with Gasteiger partial charge in [0, 0.05) is 24.3 Å². The summed E-state index contributed by atoms with van der Waals surface area (Å²) in [7, 11) is 0. The van der Waals surface area contributed by atoms with Gasteiger partial charge in [-0.3, -0.25) is 0 Å². The fourth-order valence-corrected chi connectivity index (χ4v) is 2.85. The minimum absolute atomic E-state index is 0.304. The van der Waals surface area contributed by atoms with Crippen molar-refractivity contribution in [1.29, 1.82) is 0 Å². The Labute approximate surface area is 139 Å². The van der Waals surface area contributed by atoms with E-state index in [0.29, 0.717) is 18.6 Å². The van der Waals surface area contributed by atoms with Crippen LogP contribution in [0.3, 0.4) is 0 Å². The topological polar surface area (TPSA) is 76.4 Å². The number of carbonyl (C=O) groups is 1. The molecule has 2 rings (SSSR count). The van der Waals surface area contributed by atoms with Crippen LogP contribution in [0.2, 0.25) is 0 Å². The maximum Gasteiger partial charge on any atom is 0.407 e. The number of hydrogen-bond acceptors (Lipinski definition) is 4. The Hall–Kier alpha value is -1.75. The van der Waals surface area contributed by atoms with Crippen molar-refractivity contribution in [1.82, 2.24) is 5.32 Å². The number of carbonyl (C=O) groups excluding carboxylic acids is 1. The summed E-state index contributed by atoms with van der Waals surface area (Å²) in [5.41, 5.74) is 7.68. The highest BCUT2D eigenvalue weighted by Crippen LogP contribution is 2.21. The Morgan fingerprint density at radius 3 is 2.83 bits per heavy atom. The number of rotatable bonds is 4. The molecule has 0 aliphatic heterocycles. The number of ether oxygens (including phenoxy) is 1. The number of nitrogens with two attached hydrogens (primary N) is 1. The first-order valence-corrected chi connectivity index (χ1v) is 8.40. The predicted octanol–water partition coefficient (Wildman–Crippen LogP) is 3.39. The third-order valence-electron chi connectivity index (χ3n) is 3.85. The van der Waals surface area contributed by atoms with Crippen molar-refractivity contribution in [3.05, 3.63) is 29.8 Å². The van der Waals surface area contributed by atoms with Crippen LogP contribution in [-0.4, -0.2) is 23.8 Å². The Kier molecular flexibility index (Phi) is 5.88. The van der Waals surface area contributed by atoms with Crippen LogP contribution < -0.4 is 16.4 Å². The van der Waals surface area contributed by atoms with Gasteiger partial charge in [-0.05, 0) is 64.2 Å².